The van der Waals surface area contributed by atoms with Gasteiger partial charge in [0.05, 0.1) is 0 Å². The van der Waals surface area contributed by atoms with E-state index in [9.17, 15) is 13.2 Å². The van der Waals surface area contributed by atoms with Gasteiger partial charge in [-0.05, 0) is 45.6 Å². The van der Waals surface area contributed by atoms with Crippen LogP contribution in [0.1, 0.15) is 21.7 Å². The average molecular weight is 320 g/mol. The summed E-state index contributed by atoms with van der Waals surface area (Å²) in [6.45, 7) is 2.80. The molecule has 8 heteroatoms. The second-order valence-corrected chi connectivity index (χ2v) is 8.19. The molecule has 6 nitrogen and oxygen atoms in total. The summed E-state index contributed by atoms with van der Waals surface area (Å²) in [4.78, 5) is 13.0. The monoisotopic (exact) mass is 320 g/mol. The van der Waals surface area contributed by atoms with Crippen molar-refractivity contribution in [3.63, 3.8) is 0 Å². The first-order valence-electron chi connectivity index (χ1n) is 6.11. The van der Waals surface area contributed by atoms with E-state index in [-0.39, 0.29) is 9.09 Å². The lowest BCUT2D eigenvalue weighted by Gasteiger charge is -2.17. The van der Waals surface area contributed by atoms with Gasteiger partial charge in [-0.2, -0.15) is 0 Å². The third-order valence-electron chi connectivity index (χ3n) is 2.83. The summed E-state index contributed by atoms with van der Waals surface area (Å²) < 4.78 is 26.0. The normalized spacial score (nSPS) is 12.3. The van der Waals surface area contributed by atoms with Crippen molar-refractivity contribution in [3.8, 4) is 0 Å². The average Bonchev–Trinajstić information content (AvgIpc) is 2.71. The number of nitrogens with zero attached hydrogens (tertiary/aromatic N) is 2. The van der Waals surface area contributed by atoms with Crippen LogP contribution in [0, 0.1) is 6.92 Å². The lowest BCUT2D eigenvalue weighted by atomic mass is 10.3. The molecule has 0 spiro atoms. The topological polar surface area (TPSA) is 77.9 Å². The van der Waals surface area contributed by atoms with Crippen LogP contribution in [-0.4, -0.2) is 62.9 Å². The number of hydrogen-bond donors (Lipinski definition) is 1. The van der Waals surface area contributed by atoms with Crippen molar-refractivity contribution in [2.75, 3.05) is 34.2 Å². The first kappa shape index (κ1) is 17.1. The van der Waals surface area contributed by atoms with Crippen molar-refractivity contribution in [1.82, 2.24) is 9.21 Å². The highest BCUT2D eigenvalue weighted by Crippen LogP contribution is 2.28. The lowest BCUT2D eigenvalue weighted by molar-refractivity contribution is 0.0701. The van der Waals surface area contributed by atoms with Gasteiger partial charge < -0.3 is 10.0 Å². The number of rotatable bonds is 7. The minimum Gasteiger partial charge on any atom is -0.477 e. The molecule has 1 heterocycles. The van der Waals surface area contributed by atoms with Gasteiger partial charge in [-0.25, -0.2) is 17.5 Å². The Morgan fingerprint density at radius 1 is 1.30 bits per heavy atom. The van der Waals surface area contributed by atoms with Crippen molar-refractivity contribution in [2.24, 2.45) is 0 Å². The second kappa shape index (κ2) is 6.66. The molecule has 0 radical (unpaired) electrons. The number of aryl methyl sites for hydroxylation is 1. The van der Waals surface area contributed by atoms with E-state index < -0.39 is 16.0 Å². The lowest BCUT2D eigenvalue weighted by Crippen LogP contribution is -2.29. The molecular weight excluding hydrogens is 300 g/mol. The van der Waals surface area contributed by atoms with Crippen LogP contribution in [0.25, 0.3) is 0 Å². The molecule has 0 aliphatic carbocycles. The van der Waals surface area contributed by atoms with Crippen molar-refractivity contribution in [1.29, 1.82) is 0 Å². The van der Waals surface area contributed by atoms with E-state index >= 15 is 0 Å². The molecule has 0 aliphatic heterocycles. The van der Waals surface area contributed by atoms with Crippen molar-refractivity contribution < 1.29 is 18.3 Å². The first-order valence-corrected chi connectivity index (χ1v) is 8.36. The zero-order chi connectivity index (χ0) is 15.5. The number of thiophene rings is 1. The molecule has 1 aromatic heterocycles. The van der Waals surface area contributed by atoms with Gasteiger partial charge in [0.2, 0.25) is 0 Å². The molecule has 0 fully saturated rings. The summed E-state index contributed by atoms with van der Waals surface area (Å²) in [5.41, 5.74) is 0.475. The fraction of sp³-hybridized carbons (Fsp3) is 0.583. The highest BCUT2D eigenvalue weighted by atomic mass is 32.2. The van der Waals surface area contributed by atoms with Gasteiger partial charge in [0.1, 0.15) is 9.09 Å². The Labute approximate surface area is 123 Å². The van der Waals surface area contributed by atoms with E-state index in [2.05, 4.69) is 0 Å². The van der Waals surface area contributed by atoms with Gasteiger partial charge in [0.25, 0.3) is 10.0 Å². The number of aromatic carboxylic acids is 1. The third-order valence-corrected chi connectivity index (χ3v) is 6.36. The molecule has 1 N–H and O–H groups in total. The van der Waals surface area contributed by atoms with E-state index in [1.54, 1.807) is 6.92 Å². The SMILES string of the molecule is Cc1cc(S(=O)(=O)N(C)CCCN(C)C)sc1C(=O)O. The van der Waals surface area contributed by atoms with Gasteiger partial charge in [-0.15, -0.1) is 11.3 Å². The Morgan fingerprint density at radius 3 is 2.35 bits per heavy atom. The number of carboxylic acid groups (broad SMARTS) is 1. The molecule has 0 aromatic carbocycles. The zero-order valence-corrected chi connectivity index (χ0v) is 13.7. The van der Waals surface area contributed by atoms with E-state index in [4.69, 9.17) is 5.11 Å². The predicted octanol–water partition coefficient (Wildman–Crippen LogP) is 1.33. The van der Waals surface area contributed by atoms with Crippen LogP contribution in [0.5, 0.6) is 0 Å². The van der Waals surface area contributed by atoms with Gasteiger partial charge in [-0.1, -0.05) is 0 Å². The Morgan fingerprint density at radius 2 is 1.90 bits per heavy atom. The molecule has 0 saturated carbocycles. The van der Waals surface area contributed by atoms with Crippen LogP contribution < -0.4 is 0 Å². The summed E-state index contributed by atoms with van der Waals surface area (Å²) in [6.07, 6.45) is 0.721. The molecule has 0 unspecified atom stereocenters. The highest BCUT2D eigenvalue weighted by molar-refractivity contribution is 7.91. The Kier molecular flexibility index (Phi) is 5.69. The van der Waals surface area contributed by atoms with Crippen LogP contribution >= 0.6 is 11.3 Å². The van der Waals surface area contributed by atoms with Crippen LogP contribution in [0.3, 0.4) is 0 Å². The van der Waals surface area contributed by atoms with E-state index in [1.807, 2.05) is 19.0 Å². The maximum atomic E-state index is 12.3. The van der Waals surface area contributed by atoms with Gasteiger partial charge in [0.15, 0.2) is 0 Å². The zero-order valence-electron chi connectivity index (χ0n) is 12.1. The highest BCUT2D eigenvalue weighted by Gasteiger charge is 2.25. The van der Waals surface area contributed by atoms with Gasteiger partial charge in [0, 0.05) is 13.6 Å². The Bertz CT molecular complexity index is 578. The minimum atomic E-state index is -3.60. The molecule has 1 aromatic rings. The molecule has 0 bridgehead atoms. The minimum absolute atomic E-state index is 0.0743. The fourth-order valence-electron chi connectivity index (χ4n) is 1.68. The van der Waals surface area contributed by atoms with Crippen LogP contribution in [0.4, 0.5) is 0 Å². The van der Waals surface area contributed by atoms with E-state index in [1.165, 1.54) is 17.4 Å². The number of hydrogen-bond acceptors (Lipinski definition) is 5. The summed E-state index contributed by atoms with van der Waals surface area (Å²) in [5, 5.41) is 8.98. The Hall–Kier alpha value is -0.960. The summed E-state index contributed by atoms with van der Waals surface area (Å²) in [5.74, 6) is -1.09. The summed E-state index contributed by atoms with van der Waals surface area (Å²) >= 11 is 0.803. The van der Waals surface area contributed by atoms with Crippen molar-refractivity contribution in [3.05, 3.63) is 16.5 Å². The quantitative estimate of drug-likeness (QED) is 0.820. The molecular formula is C12H20N2O4S2. The summed E-state index contributed by atoms with van der Waals surface area (Å²) in [7, 11) is 1.77. The first-order chi connectivity index (χ1) is 9.16. The maximum Gasteiger partial charge on any atom is 0.346 e. The molecule has 20 heavy (non-hydrogen) atoms. The maximum absolute atomic E-state index is 12.3. The number of carbonyl (C=O) groups is 1. The van der Waals surface area contributed by atoms with Gasteiger partial charge in [-0.3, -0.25) is 0 Å². The molecule has 1 rings (SSSR count). The largest absolute Gasteiger partial charge is 0.477 e. The van der Waals surface area contributed by atoms with E-state index in [0.29, 0.717) is 12.1 Å². The predicted molar refractivity (Wildman–Crippen MR) is 79.0 cm³/mol. The number of carboxylic acids is 1. The fourth-order valence-corrected chi connectivity index (χ4v) is 4.48. The standard InChI is InChI=1S/C12H20N2O4S2/c1-9-8-10(19-11(9)12(15)16)20(17,18)14(4)7-5-6-13(2)3/h8H,5-7H2,1-4H3,(H,15,16). The molecule has 0 aliphatic rings. The van der Waals surface area contributed by atoms with Crippen molar-refractivity contribution >= 4 is 27.3 Å². The van der Waals surface area contributed by atoms with Crippen LogP contribution in [0.2, 0.25) is 0 Å². The Balaban J connectivity index is 2.87. The smallest absolute Gasteiger partial charge is 0.346 e. The molecule has 0 saturated heterocycles. The second-order valence-electron chi connectivity index (χ2n) is 4.87. The summed E-state index contributed by atoms with van der Waals surface area (Å²) in [6, 6.07) is 1.42. The molecule has 114 valence electrons. The van der Waals surface area contributed by atoms with Crippen molar-refractivity contribution in [2.45, 2.75) is 17.6 Å². The molecule has 0 amide bonds. The van der Waals surface area contributed by atoms with E-state index in [0.717, 1.165) is 24.3 Å². The van der Waals surface area contributed by atoms with Gasteiger partial charge >= 0.3 is 5.97 Å². The number of sulfonamides is 1. The van der Waals surface area contributed by atoms with Crippen LogP contribution in [0.15, 0.2) is 10.3 Å². The molecule has 0 atom stereocenters. The van der Waals surface area contributed by atoms with Crippen LogP contribution in [-0.2, 0) is 10.0 Å². The third kappa shape index (κ3) is 4.02.